The van der Waals surface area contributed by atoms with Gasteiger partial charge in [-0.3, -0.25) is 9.59 Å². The van der Waals surface area contributed by atoms with Gasteiger partial charge in [0.2, 0.25) is 0 Å². The summed E-state index contributed by atoms with van der Waals surface area (Å²) < 4.78 is 13.0. The molecular weight excluding hydrogens is 197 g/mol. The Morgan fingerprint density at radius 2 is 2.13 bits per heavy atom. The van der Waals surface area contributed by atoms with Crippen molar-refractivity contribution >= 4 is 17.4 Å². The minimum atomic E-state index is -0.629. The molecule has 4 heteroatoms. The number of Topliss-reactive ketones (excluding diaryl/α,β-unsaturated/α-hetero) is 1. The molecular formula is C11H8FNO2. The molecule has 0 saturated heterocycles. The molecule has 0 aromatic heterocycles. The Kier molecular flexibility index (Phi) is 2.11. The molecule has 0 unspecified atom stereocenters. The first-order valence-corrected chi connectivity index (χ1v) is 4.42. The maximum absolute atomic E-state index is 13.0. The fourth-order valence-electron chi connectivity index (χ4n) is 1.58. The van der Waals surface area contributed by atoms with Crippen LogP contribution in [0.5, 0.6) is 0 Å². The summed E-state index contributed by atoms with van der Waals surface area (Å²) in [4.78, 5) is 24.1. The van der Waals surface area contributed by atoms with Gasteiger partial charge >= 0.3 is 0 Å². The molecule has 1 aliphatic rings. The van der Waals surface area contributed by atoms with Crippen molar-refractivity contribution in [3.05, 3.63) is 42.2 Å². The van der Waals surface area contributed by atoms with E-state index < -0.39 is 17.5 Å². The average molecular weight is 205 g/mol. The summed E-state index contributed by atoms with van der Waals surface area (Å²) in [6.07, 6.45) is 1.49. The first-order chi connectivity index (χ1) is 7.15. The standard InChI is InChI=1S/C11H8FNO2/c1-2-5-13-9-6-7(12)3-4-8(9)10(14)11(13)15/h2-4,6H,1,5H2. The molecule has 15 heavy (non-hydrogen) atoms. The van der Waals surface area contributed by atoms with Crippen LogP contribution in [0.25, 0.3) is 0 Å². The van der Waals surface area contributed by atoms with E-state index in [0.29, 0.717) is 5.69 Å². The summed E-state index contributed by atoms with van der Waals surface area (Å²) in [5, 5.41) is 0. The van der Waals surface area contributed by atoms with Crippen molar-refractivity contribution in [2.24, 2.45) is 0 Å². The Hall–Kier alpha value is -1.97. The zero-order valence-corrected chi connectivity index (χ0v) is 7.87. The quantitative estimate of drug-likeness (QED) is 0.542. The second-order valence-electron chi connectivity index (χ2n) is 3.20. The van der Waals surface area contributed by atoms with Gasteiger partial charge in [-0.1, -0.05) is 6.08 Å². The van der Waals surface area contributed by atoms with Gasteiger partial charge in [-0.2, -0.15) is 0 Å². The molecule has 0 atom stereocenters. The first kappa shape index (κ1) is 9.58. The first-order valence-electron chi connectivity index (χ1n) is 4.42. The van der Waals surface area contributed by atoms with Crippen LogP contribution < -0.4 is 4.90 Å². The number of carbonyl (C=O) groups excluding carboxylic acids is 2. The normalized spacial score (nSPS) is 14.3. The largest absolute Gasteiger partial charge is 0.301 e. The van der Waals surface area contributed by atoms with Crippen molar-refractivity contribution in [3.63, 3.8) is 0 Å². The fraction of sp³-hybridized carbons (Fsp3) is 0.0909. The highest BCUT2D eigenvalue weighted by atomic mass is 19.1. The highest BCUT2D eigenvalue weighted by Crippen LogP contribution is 2.29. The molecule has 0 aliphatic carbocycles. The molecule has 0 saturated carbocycles. The zero-order chi connectivity index (χ0) is 11.0. The van der Waals surface area contributed by atoms with Gasteiger partial charge in [-0.15, -0.1) is 6.58 Å². The third-order valence-corrected chi connectivity index (χ3v) is 2.25. The van der Waals surface area contributed by atoms with Crippen LogP contribution in [-0.4, -0.2) is 18.2 Å². The highest BCUT2D eigenvalue weighted by molar-refractivity contribution is 6.52. The third-order valence-electron chi connectivity index (χ3n) is 2.25. The summed E-state index contributed by atoms with van der Waals surface area (Å²) in [6.45, 7) is 3.69. The Labute approximate surface area is 85.8 Å². The summed E-state index contributed by atoms with van der Waals surface area (Å²) >= 11 is 0. The number of amides is 1. The Balaban J connectivity index is 2.56. The van der Waals surface area contributed by atoms with Gasteiger partial charge in [-0.05, 0) is 18.2 Å². The minimum Gasteiger partial charge on any atom is -0.301 e. The van der Waals surface area contributed by atoms with E-state index in [2.05, 4.69) is 6.58 Å². The number of benzene rings is 1. The van der Waals surface area contributed by atoms with Gasteiger partial charge in [-0.25, -0.2) is 4.39 Å². The van der Waals surface area contributed by atoms with Crippen molar-refractivity contribution in [3.8, 4) is 0 Å². The number of anilines is 1. The summed E-state index contributed by atoms with van der Waals surface area (Å²) in [5.41, 5.74) is 0.577. The fourth-order valence-corrected chi connectivity index (χ4v) is 1.58. The van der Waals surface area contributed by atoms with Crippen LogP contribution in [0.15, 0.2) is 30.9 Å². The van der Waals surface area contributed by atoms with E-state index in [1.165, 1.54) is 29.2 Å². The van der Waals surface area contributed by atoms with Crippen LogP contribution in [0, 0.1) is 5.82 Å². The van der Waals surface area contributed by atoms with Gasteiger partial charge in [0, 0.05) is 6.54 Å². The second kappa shape index (κ2) is 3.31. The number of rotatable bonds is 2. The van der Waals surface area contributed by atoms with Crippen molar-refractivity contribution < 1.29 is 14.0 Å². The van der Waals surface area contributed by atoms with E-state index in [1.807, 2.05) is 0 Å². The number of ketones is 1. The highest BCUT2D eigenvalue weighted by Gasteiger charge is 2.35. The molecule has 1 aliphatic heterocycles. The lowest BCUT2D eigenvalue weighted by Crippen LogP contribution is -2.29. The average Bonchev–Trinajstić information content (AvgIpc) is 2.44. The summed E-state index contributed by atoms with van der Waals surface area (Å²) in [5.74, 6) is -1.69. The van der Waals surface area contributed by atoms with E-state index in [4.69, 9.17) is 0 Å². The van der Waals surface area contributed by atoms with E-state index >= 15 is 0 Å². The van der Waals surface area contributed by atoms with Gasteiger partial charge < -0.3 is 4.90 Å². The second-order valence-corrected chi connectivity index (χ2v) is 3.20. The van der Waals surface area contributed by atoms with Crippen LogP contribution >= 0.6 is 0 Å². The molecule has 2 rings (SSSR count). The number of carbonyl (C=O) groups is 2. The predicted molar refractivity (Wildman–Crippen MR) is 53.3 cm³/mol. The van der Waals surface area contributed by atoms with Gasteiger partial charge in [0.25, 0.3) is 11.7 Å². The zero-order valence-electron chi connectivity index (χ0n) is 7.87. The molecule has 3 nitrogen and oxygen atoms in total. The predicted octanol–water partition coefficient (Wildman–Crippen LogP) is 1.54. The Morgan fingerprint density at radius 3 is 2.80 bits per heavy atom. The topological polar surface area (TPSA) is 37.4 Å². The number of fused-ring (bicyclic) bond motifs is 1. The molecule has 0 radical (unpaired) electrons. The Morgan fingerprint density at radius 1 is 1.40 bits per heavy atom. The van der Waals surface area contributed by atoms with Crippen molar-refractivity contribution in [2.45, 2.75) is 0 Å². The molecule has 76 valence electrons. The number of halogens is 1. The van der Waals surface area contributed by atoms with Gasteiger partial charge in [0.05, 0.1) is 11.3 Å². The molecule has 1 aromatic rings. The minimum absolute atomic E-state index is 0.209. The molecule has 0 fully saturated rings. The van der Waals surface area contributed by atoms with Crippen LogP contribution in [0.1, 0.15) is 10.4 Å². The van der Waals surface area contributed by atoms with E-state index in [0.717, 1.165) is 0 Å². The number of hydrogen-bond donors (Lipinski definition) is 0. The summed E-state index contributed by atoms with van der Waals surface area (Å²) in [6, 6.07) is 3.68. The van der Waals surface area contributed by atoms with Crippen molar-refractivity contribution in [2.75, 3.05) is 11.4 Å². The van der Waals surface area contributed by atoms with Crippen LogP contribution in [0.4, 0.5) is 10.1 Å². The maximum Gasteiger partial charge on any atom is 0.299 e. The smallest absolute Gasteiger partial charge is 0.299 e. The lowest BCUT2D eigenvalue weighted by molar-refractivity contribution is -0.114. The van der Waals surface area contributed by atoms with Crippen LogP contribution in [0.2, 0.25) is 0 Å². The van der Waals surface area contributed by atoms with E-state index in [-0.39, 0.29) is 12.1 Å². The van der Waals surface area contributed by atoms with Gasteiger partial charge in [0.15, 0.2) is 0 Å². The molecule has 1 aromatic carbocycles. The third kappa shape index (κ3) is 1.34. The van der Waals surface area contributed by atoms with E-state index in [1.54, 1.807) is 0 Å². The molecule has 0 bridgehead atoms. The molecule has 1 amide bonds. The van der Waals surface area contributed by atoms with Crippen molar-refractivity contribution in [1.82, 2.24) is 0 Å². The molecule has 0 N–H and O–H groups in total. The monoisotopic (exact) mass is 205 g/mol. The van der Waals surface area contributed by atoms with E-state index in [9.17, 15) is 14.0 Å². The molecule has 1 heterocycles. The lowest BCUT2D eigenvalue weighted by Gasteiger charge is -2.13. The maximum atomic E-state index is 13.0. The SMILES string of the molecule is C=CCN1C(=O)C(=O)c2ccc(F)cc21. The number of nitrogens with zero attached hydrogens (tertiary/aromatic N) is 1. The van der Waals surface area contributed by atoms with Crippen molar-refractivity contribution in [1.29, 1.82) is 0 Å². The van der Waals surface area contributed by atoms with Crippen LogP contribution in [-0.2, 0) is 4.79 Å². The Bertz CT molecular complexity index is 468. The van der Waals surface area contributed by atoms with Crippen LogP contribution in [0.3, 0.4) is 0 Å². The lowest BCUT2D eigenvalue weighted by atomic mass is 10.1. The molecule has 0 spiro atoms. The van der Waals surface area contributed by atoms with Gasteiger partial charge in [0.1, 0.15) is 5.82 Å². The number of hydrogen-bond acceptors (Lipinski definition) is 2. The summed E-state index contributed by atoms with van der Waals surface area (Å²) in [7, 11) is 0.